The van der Waals surface area contributed by atoms with E-state index in [1.54, 1.807) is 6.07 Å². The first kappa shape index (κ1) is 33.6. The predicted molar refractivity (Wildman–Crippen MR) is 179 cm³/mol. The average molecular weight is 736 g/mol. The molecule has 2 N–H and O–H groups in total. The van der Waals surface area contributed by atoms with Crippen molar-refractivity contribution < 1.29 is 34.7 Å². The summed E-state index contributed by atoms with van der Waals surface area (Å²) in [6.45, 7) is 2.39. The highest BCUT2D eigenvalue weighted by atomic mass is 32.2. The third-order valence-corrected chi connectivity index (χ3v) is 13.0. The lowest BCUT2D eigenvalue weighted by Gasteiger charge is -2.48. The van der Waals surface area contributed by atoms with Gasteiger partial charge in [-0.3, -0.25) is 4.72 Å². The Labute approximate surface area is 285 Å². The summed E-state index contributed by atoms with van der Waals surface area (Å²) in [5, 5.41) is 3.82. The molecule has 49 heavy (non-hydrogen) atoms. The normalized spacial score (nSPS) is 21.4. The van der Waals surface area contributed by atoms with Gasteiger partial charge < -0.3 is 19.9 Å². The molecule has 7 rings (SSSR count). The molecule has 3 aliphatic rings. The van der Waals surface area contributed by atoms with E-state index < -0.39 is 47.9 Å². The number of sulfone groups is 1. The van der Waals surface area contributed by atoms with Crippen molar-refractivity contribution >= 4 is 48.0 Å². The van der Waals surface area contributed by atoms with Crippen LogP contribution in [0.1, 0.15) is 12.8 Å². The number of nitrogens with zero attached hydrogens (tertiary/aromatic N) is 5. The molecule has 2 aromatic carbocycles. The molecule has 0 spiro atoms. The van der Waals surface area contributed by atoms with Crippen LogP contribution in [-0.2, 0) is 24.6 Å². The van der Waals surface area contributed by atoms with Crippen LogP contribution >= 0.6 is 11.3 Å². The molecule has 0 amide bonds. The Morgan fingerprint density at radius 1 is 0.959 bits per heavy atom. The zero-order chi connectivity index (χ0) is 34.5. The third-order valence-electron chi connectivity index (χ3n) is 8.75. The average Bonchev–Trinajstić information content (AvgIpc) is 3.47. The quantitative estimate of drug-likeness (QED) is 0.271. The molecule has 3 saturated heterocycles. The first-order valence-electron chi connectivity index (χ1n) is 15.5. The van der Waals surface area contributed by atoms with Crippen LogP contribution in [0, 0.1) is 17.5 Å². The molecule has 2 aromatic heterocycles. The van der Waals surface area contributed by atoms with Crippen molar-refractivity contribution in [1.82, 2.24) is 19.9 Å². The maximum atomic E-state index is 16.4. The van der Waals surface area contributed by atoms with E-state index in [0.29, 0.717) is 41.8 Å². The number of likely N-dealkylation sites (N-methyl/N-ethyl adjacent to an activating group) is 1. The van der Waals surface area contributed by atoms with E-state index in [1.807, 2.05) is 11.8 Å². The van der Waals surface area contributed by atoms with Crippen molar-refractivity contribution in [1.29, 1.82) is 0 Å². The monoisotopic (exact) mass is 735 g/mol. The Hall–Kier alpha value is -3.84. The van der Waals surface area contributed by atoms with E-state index in [4.69, 9.17) is 14.7 Å². The van der Waals surface area contributed by atoms with Crippen LogP contribution in [-0.4, -0.2) is 99.7 Å². The summed E-state index contributed by atoms with van der Waals surface area (Å²) in [5.74, 6) is -3.25. The highest BCUT2D eigenvalue weighted by Gasteiger charge is 2.39. The molecular formula is C31H32F3N7O5S3. The first-order valence-corrected chi connectivity index (χ1v) is 19.6. The topological polar surface area (TPSA) is 147 Å². The number of benzene rings is 2. The van der Waals surface area contributed by atoms with Gasteiger partial charge in [0.15, 0.2) is 15.8 Å². The summed E-state index contributed by atoms with van der Waals surface area (Å²) in [5.41, 5.74) is 0.00615. The minimum atomic E-state index is -4.86. The lowest BCUT2D eigenvalue weighted by atomic mass is 10.1. The number of halogens is 3. The van der Waals surface area contributed by atoms with Gasteiger partial charge in [0, 0.05) is 30.9 Å². The molecule has 2 unspecified atom stereocenters. The standard InChI is InChI=1S/C31H32F3N7O5S3/c1-40-14-19-16-46-17-20(15-40)41(19)31-38-27(28(47-31)25-8-11-35-30(37-25)36-18-9-12-48(42,43)13-10-18)21-4-2-7-24(26(21)34)39-49(44,45)29-22(32)5-3-6-23(29)33/h2-8,11,18-20,39H,9-10,12-17H2,1H3,(H,35,36,37). The Morgan fingerprint density at radius 2 is 1.63 bits per heavy atom. The minimum absolute atomic E-state index is 0.0202. The van der Waals surface area contributed by atoms with Gasteiger partial charge in [-0.05, 0) is 50.2 Å². The Balaban J connectivity index is 1.29. The summed E-state index contributed by atoms with van der Waals surface area (Å²) in [6.07, 6.45) is 2.35. The molecule has 0 saturated carbocycles. The van der Waals surface area contributed by atoms with E-state index >= 15 is 4.39 Å². The van der Waals surface area contributed by atoms with Crippen LogP contribution in [0.2, 0.25) is 0 Å². The lowest BCUT2D eigenvalue weighted by molar-refractivity contribution is 0.0228. The number of rotatable bonds is 8. The second-order valence-electron chi connectivity index (χ2n) is 12.3. The van der Waals surface area contributed by atoms with E-state index in [-0.39, 0.29) is 46.8 Å². The van der Waals surface area contributed by atoms with Crippen LogP contribution in [0.25, 0.3) is 21.8 Å². The zero-order valence-electron chi connectivity index (χ0n) is 26.1. The highest BCUT2D eigenvalue weighted by molar-refractivity contribution is 7.92. The van der Waals surface area contributed by atoms with Gasteiger partial charge in [-0.25, -0.2) is 45.0 Å². The Kier molecular flexibility index (Phi) is 9.01. The van der Waals surface area contributed by atoms with Gasteiger partial charge in [0.25, 0.3) is 10.0 Å². The molecule has 0 aliphatic carbocycles. The fraction of sp³-hybridized carbons (Fsp3) is 0.387. The van der Waals surface area contributed by atoms with Gasteiger partial charge in [0.1, 0.15) is 21.5 Å². The largest absolute Gasteiger partial charge is 0.377 e. The Bertz CT molecular complexity index is 2070. The van der Waals surface area contributed by atoms with Crippen LogP contribution in [0.5, 0.6) is 0 Å². The summed E-state index contributed by atoms with van der Waals surface area (Å²) in [4.78, 5) is 17.6. The maximum absolute atomic E-state index is 16.4. The lowest BCUT2D eigenvalue weighted by Crippen LogP contribution is -2.64. The van der Waals surface area contributed by atoms with Crippen molar-refractivity contribution in [2.24, 2.45) is 0 Å². The molecule has 3 fully saturated rings. The number of nitrogens with one attached hydrogen (secondary N) is 2. The van der Waals surface area contributed by atoms with Gasteiger partial charge in [0.05, 0.1) is 58.8 Å². The van der Waals surface area contributed by atoms with Gasteiger partial charge in [-0.15, -0.1) is 0 Å². The third kappa shape index (κ3) is 6.84. The number of ether oxygens (including phenoxy) is 1. The van der Waals surface area contributed by atoms with Gasteiger partial charge in [-0.2, -0.15) is 0 Å². The van der Waals surface area contributed by atoms with Crippen molar-refractivity contribution in [2.45, 2.75) is 35.9 Å². The summed E-state index contributed by atoms with van der Waals surface area (Å²) in [6, 6.07) is 8.09. The van der Waals surface area contributed by atoms with Crippen LogP contribution < -0.4 is 14.9 Å². The molecule has 2 bridgehead atoms. The number of hydrogen-bond donors (Lipinski definition) is 2. The molecule has 4 aromatic rings. The van der Waals surface area contributed by atoms with E-state index in [1.165, 1.54) is 29.7 Å². The molecule has 2 atom stereocenters. The molecule has 12 nitrogen and oxygen atoms in total. The highest BCUT2D eigenvalue weighted by Crippen LogP contribution is 2.44. The van der Waals surface area contributed by atoms with Crippen molar-refractivity contribution in [3.8, 4) is 21.8 Å². The van der Waals surface area contributed by atoms with Gasteiger partial charge in [0.2, 0.25) is 5.95 Å². The minimum Gasteiger partial charge on any atom is -0.377 e. The summed E-state index contributed by atoms with van der Waals surface area (Å²) >= 11 is 1.29. The molecule has 260 valence electrons. The van der Waals surface area contributed by atoms with Gasteiger partial charge >= 0.3 is 0 Å². The summed E-state index contributed by atoms with van der Waals surface area (Å²) in [7, 11) is -5.90. The van der Waals surface area contributed by atoms with Crippen molar-refractivity contribution in [3.63, 3.8) is 0 Å². The number of piperazine rings is 1. The molecule has 0 radical (unpaired) electrons. The van der Waals surface area contributed by atoms with Gasteiger partial charge in [-0.1, -0.05) is 23.5 Å². The van der Waals surface area contributed by atoms with E-state index in [9.17, 15) is 25.6 Å². The number of aromatic nitrogens is 3. The molecule has 3 aliphatic heterocycles. The second-order valence-corrected chi connectivity index (χ2v) is 17.2. The zero-order valence-corrected chi connectivity index (χ0v) is 28.6. The SMILES string of the molecule is CN1CC2COCC(C1)N2c1nc(-c2cccc(NS(=O)(=O)c3c(F)cccc3F)c2F)c(-c2ccnc(NC3CCS(=O)(=O)CC3)n2)s1. The first-order chi connectivity index (χ1) is 23.4. The summed E-state index contributed by atoms with van der Waals surface area (Å²) < 4.78 is 103. The number of thiazole rings is 1. The predicted octanol–water partition coefficient (Wildman–Crippen LogP) is 3.99. The van der Waals surface area contributed by atoms with Crippen LogP contribution in [0.3, 0.4) is 0 Å². The second kappa shape index (κ2) is 13.1. The number of hydrogen-bond acceptors (Lipinski definition) is 12. The van der Waals surface area contributed by atoms with Crippen molar-refractivity contribution in [2.75, 3.05) is 59.8 Å². The van der Waals surface area contributed by atoms with E-state index in [2.05, 4.69) is 20.1 Å². The number of anilines is 3. The molecule has 18 heteroatoms. The fourth-order valence-electron chi connectivity index (χ4n) is 6.46. The molecular weight excluding hydrogens is 704 g/mol. The van der Waals surface area contributed by atoms with Crippen molar-refractivity contribution in [3.05, 3.63) is 66.1 Å². The Morgan fingerprint density at radius 3 is 2.33 bits per heavy atom. The van der Waals surface area contributed by atoms with E-state index in [0.717, 1.165) is 37.4 Å². The maximum Gasteiger partial charge on any atom is 0.267 e. The number of fused-ring (bicyclic) bond motifs is 2. The van der Waals surface area contributed by atoms with Crippen LogP contribution in [0.15, 0.2) is 53.6 Å². The smallest absolute Gasteiger partial charge is 0.267 e. The molecule has 5 heterocycles. The number of sulfonamides is 1. The fourth-order valence-corrected chi connectivity index (χ4v) is 10.3. The number of morpholine rings is 1. The van der Waals surface area contributed by atoms with Crippen LogP contribution in [0.4, 0.5) is 29.9 Å².